The standard InChI is InChI=1S/C18H30N2O4S/c1-13-9-7-8-10-20(13)25(22,23)18(5,6)15(21)11-14-12-16(24-19-14)17(2,3)4/h12-13H,7-11H2,1-6H3. The van der Waals surface area contributed by atoms with Gasteiger partial charge in [-0.2, -0.15) is 4.31 Å². The Hall–Kier alpha value is -1.21. The van der Waals surface area contributed by atoms with E-state index in [0.717, 1.165) is 19.3 Å². The quantitative estimate of drug-likeness (QED) is 0.796. The molecule has 0 amide bonds. The second-order valence-electron chi connectivity index (χ2n) is 8.50. The lowest BCUT2D eigenvalue weighted by Gasteiger charge is -2.37. The largest absolute Gasteiger partial charge is 0.361 e. The molecule has 0 aromatic carbocycles. The number of sulfonamides is 1. The first-order valence-corrected chi connectivity index (χ1v) is 10.3. The van der Waals surface area contributed by atoms with E-state index in [4.69, 9.17) is 4.52 Å². The van der Waals surface area contributed by atoms with Crippen molar-refractivity contribution in [2.45, 2.75) is 83.4 Å². The van der Waals surface area contributed by atoms with Crippen LogP contribution in [0.3, 0.4) is 0 Å². The number of nitrogens with zero attached hydrogens (tertiary/aromatic N) is 2. The Labute approximate surface area is 151 Å². The normalized spacial score (nSPS) is 20.6. The van der Waals surface area contributed by atoms with E-state index in [1.54, 1.807) is 6.07 Å². The first-order chi connectivity index (χ1) is 11.4. The van der Waals surface area contributed by atoms with Crippen LogP contribution in [-0.4, -0.2) is 41.0 Å². The van der Waals surface area contributed by atoms with Crippen LogP contribution in [0.2, 0.25) is 0 Å². The summed E-state index contributed by atoms with van der Waals surface area (Å²) in [6.45, 7) is 11.4. The summed E-state index contributed by atoms with van der Waals surface area (Å²) >= 11 is 0. The summed E-state index contributed by atoms with van der Waals surface area (Å²) < 4.78 is 31.5. The third kappa shape index (κ3) is 3.97. The van der Waals surface area contributed by atoms with Crippen LogP contribution in [0.15, 0.2) is 10.6 Å². The van der Waals surface area contributed by atoms with Gasteiger partial charge in [-0.1, -0.05) is 32.3 Å². The molecular formula is C18H30N2O4S. The fourth-order valence-corrected chi connectivity index (χ4v) is 4.89. The minimum atomic E-state index is -3.73. The molecule has 0 N–H and O–H groups in total. The lowest BCUT2D eigenvalue weighted by molar-refractivity contribution is -0.120. The summed E-state index contributed by atoms with van der Waals surface area (Å²) in [4.78, 5) is 12.8. The van der Waals surface area contributed by atoms with E-state index in [1.807, 2.05) is 27.7 Å². The Balaban J connectivity index is 2.20. The summed E-state index contributed by atoms with van der Waals surface area (Å²) in [7, 11) is -3.73. The molecule has 1 aromatic rings. The molecule has 0 saturated carbocycles. The van der Waals surface area contributed by atoms with Gasteiger partial charge >= 0.3 is 0 Å². The van der Waals surface area contributed by atoms with Crippen molar-refractivity contribution in [3.05, 3.63) is 17.5 Å². The van der Waals surface area contributed by atoms with Gasteiger partial charge in [0.25, 0.3) is 0 Å². The fraction of sp³-hybridized carbons (Fsp3) is 0.778. The van der Waals surface area contributed by atoms with Crippen LogP contribution in [0.5, 0.6) is 0 Å². The van der Waals surface area contributed by atoms with Crippen molar-refractivity contribution in [1.29, 1.82) is 0 Å². The number of aromatic nitrogens is 1. The Bertz CT molecular complexity index is 729. The van der Waals surface area contributed by atoms with Gasteiger partial charge in [0, 0.05) is 24.1 Å². The second kappa shape index (κ2) is 6.83. The molecule has 142 valence electrons. The molecule has 2 rings (SSSR count). The van der Waals surface area contributed by atoms with Crippen LogP contribution in [0.4, 0.5) is 0 Å². The minimum Gasteiger partial charge on any atom is -0.361 e. The highest BCUT2D eigenvalue weighted by molar-refractivity contribution is 7.91. The third-order valence-corrected chi connectivity index (χ3v) is 7.68. The van der Waals surface area contributed by atoms with E-state index < -0.39 is 14.8 Å². The molecular weight excluding hydrogens is 340 g/mol. The predicted octanol–water partition coefficient (Wildman–Crippen LogP) is 3.07. The van der Waals surface area contributed by atoms with Crippen molar-refractivity contribution in [3.8, 4) is 0 Å². The van der Waals surface area contributed by atoms with Crippen LogP contribution >= 0.6 is 0 Å². The van der Waals surface area contributed by atoms with Gasteiger partial charge in [-0.25, -0.2) is 8.42 Å². The number of carbonyl (C=O) groups is 1. The van der Waals surface area contributed by atoms with E-state index >= 15 is 0 Å². The molecule has 1 aromatic heterocycles. The lowest BCUT2D eigenvalue weighted by Crippen LogP contribution is -2.54. The molecule has 1 fully saturated rings. The SMILES string of the molecule is CC1CCCCN1S(=O)(=O)C(C)(C)C(=O)Cc1cc(C(C)(C)C)on1. The number of rotatable bonds is 5. The number of piperidine rings is 1. The van der Waals surface area contributed by atoms with Gasteiger partial charge in [-0.3, -0.25) is 4.79 Å². The smallest absolute Gasteiger partial charge is 0.226 e. The van der Waals surface area contributed by atoms with E-state index in [1.165, 1.54) is 18.2 Å². The number of carbonyl (C=O) groups excluding carboxylic acids is 1. The third-order valence-electron chi connectivity index (χ3n) is 5.01. The van der Waals surface area contributed by atoms with Crippen LogP contribution in [-0.2, 0) is 26.7 Å². The Morgan fingerprint density at radius 1 is 1.28 bits per heavy atom. The van der Waals surface area contributed by atoms with Gasteiger partial charge in [0.05, 0.1) is 12.1 Å². The van der Waals surface area contributed by atoms with Gasteiger partial charge in [0.15, 0.2) is 5.78 Å². The van der Waals surface area contributed by atoms with Crippen molar-refractivity contribution < 1.29 is 17.7 Å². The molecule has 0 aliphatic carbocycles. The van der Waals surface area contributed by atoms with E-state index in [2.05, 4.69) is 5.16 Å². The molecule has 1 atom stereocenters. The van der Waals surface area contributed by atoms with Crippen LogP contribution < -0.4 is 0 Å². The van der Waals surface area contributed by atoms with E-state index in [-0.39, 0.29) is 23.7 Å². The highest BCUT2D eigenvalue weighted by atomic mass is 32.2. The summed E-state index contributed by atoms with van der Waals surface area (Å²) in [5, 5.41) is 3.94. The summed E-state index contributed by atoms with van der Waals surface area (Å²) in [6, 6.07) is 1.68. The van der Waals surface area contributed by atoms with Gasteiger partial charge in [0.1, 0.15) is 10.5 Å². The molecule has 6 nitrogen and oxygen atoms in total. The maximum absolute atomic E-state index is 13.1. The van der Waals surface area contributed by atoms with Gasteiger partial charge in [-0.05, 0) is 33.6 Å². The Morgan fingerprint density at radius 3 is 2.44 bits per heavy atom. The maximum Gasteiger partial charge on any atom is 0.226 e. The van der Waals surface area contributed by atoms with Crippen LogP contribution in [0.1, 0.15) is 72.3 Å². The van der Waals surface area contributed by atoms with E-state index in [0.29, 0.717) is 18.0 Å². The van der Waals surface area contributed by atoms with E-state index in [9.17, 15) is 13.2 Å². The number of Topliss-reactive ketones (excluding diaryl/α,β-unsaturated/α-hetero) is 1. The summed E-state index contributed by atoms with van der Waals surface area (Å²) in [5.41, 5.74) is 0.268. The topological polar surface area (TPSA) is 80.5 Å². The number of hydrogen-bond acceptors (Lipinski definition) is 5. The van der Waals surface area contributed by atoms with Crippen molar-refractivity contribution in [2.24, 2.45) is 0 Å². The zero-order valence-corrected chi connectivity index (χ0v) is 16.9. The zero-order chi connectivity index (χ0) is 19.0. The fourth-order valence-electron chi connectivity index (χ4n) is 2.99. The molecule has 1 unspecified atom stereocenters. The first-order valence-electron chi connectivity index (χ1n) is 8.88. The average Bonchev–Trinajstić information content (AvgIpc) is 2.96. The van der Waals surface area contributed by atoms with Crippen molar-refractivity contribution in [1.82, 2.24) is 9.46 Å². The molecule has 1 aliphatic rings. The molecule has 7 heteroatoms. The Kier molecular flexibility index (Phi) is 5.50. The van der Waals surface area contributed by atoms with Gasteiger partial charge < -0.3 is 4.52 Å². The van der Waals surface area contributed by atoms with Crippen LogP contribution in [0, 0.1) is 0 Å². The summed E-state index contributed by atoms with van der Waals surface area (Å²) in [5.74, 6) is 0.319. The molecule has 1 aliphatic heterocycles. The second-order valence-corrected chi connectivity index (χ2v) is 10.9. The minimum absolute atomic E-state index is 0.0476. The first kappa shape index (κ1) is 20.1. The average molecular weight is 371 g/mol. The molecule has 1 saturated heterocycles. The highest BCUT2D eigenvalue weighted by Gasteiger charge is 2.47. The summed E-state index contributed by atoms with van der Waals surface area (Å²) in [6.07, 6.45) is 2.65. The monoisotopic (exact) mass is 370 g/mol. The van der Waals surface area contributed by atoms with Gasteiger partial charge in [-0.15, -0.1) is 0 Å². The van der Waals surface area contributed by atoms with Crippen molar-refractivity contribution >= 4 is 15.8 Å². The van der Waals surface area contributed by atoms with Crippen molar-refractivity contribution in [3.63, 3.8) is 0 Å². The molecule has 0 bridgehead atoms. The van der Waals surface area contributed by atoms with Crippen molar-refractivity contribution in [2.75, 3.05) is 6.54 Å². The zero-order valence-electron chi connectivity index (χ0n) is 16.1. The van der Waals surface area contributed by atoms with Gasteiger partial charge in [0.2, 0.25) is 10.0 Å². The Morgan fingerprint density at radius 2 is 1.92 bits per heavy atom. The lowest BCUT2D eigenvalue weighted by atomic mass is 9.92. The number of hydrogen-bond donors (Lipinski definition) is 0. The molecule has 0 spiro atoms. The number of ketones is 1. The molecule has 2 heterocycles. The highest BCUT2D eigenvalue weighted by Crippen LogP contribution is 2.30. The molecule has 25 heavy (non-hydrogen) atoms. The maximum atomic E-state index is 13.1. The predicted molar refractivity (Wildman–Crippen MR) is 96.9 cm³/mol. The van der Waals surface area contributed by atoms with Crippen LogP contribution in [0.25, 0.3) is 0 Å². The molecule has 0 radical (unpaired) electrons.